The summed E-state index contributed by atoms with van der Waals surface area (Å²) >= 11 is 1.27. The number of hydrogen-bond donors (Lipinski definition) is 2. The fourth-order valence-corrected chi connectivity index (χ4v) is 1.61. The number of carbonyl (C=O) groups is 2. The van der Waals surface area contributed by atoms with Crippen LogP contribution in [0.1, 0.15) is 6.92 Å². The lowest BCUT2D eigenvalue weighted by atomic mass is 10.5. The monoisotopic (exact) mass is 254 g/mol. The third-order valence-corrected chi connectivity index (χ3v) is 2.57. The topological polar surface area (TPSA) is 84.0 Å². The highest BCUT2D eigenvalue weighted by atomic mass is 32.2. The second kappa shape index (κ2) is 7.61. The fourth-order valence-electron chi connectivity index (χ4n) is 0.982. The van der Waals surface area contributed by atoms with E-state index in [9.17, 15) is 9.59 Å². The van der Waals surface area contributed by atoms with Crippen LogP contribution in [0, 0.1) is 0 Å². The van der Waals surface area contributed by atoms with Gasteiger partial charge in [-0.2, -0.15) is 0 Å². The van der Waals surface area contributed by atoms with Crippen LogP contribution in [0.5, 0.6) is 0 Å². The summed E-state index contributed by atoms with van der Waals surface area (Å²) in [6.07, 6.45) is 3.26. The van der Waals surface area contributed by atoms with Crippen molar-refractivity contribution >= 4 is 23.6 Å². The van der Waals surface area contributed by atoms with Crippen molar-refractivity contribution in [3.63, 3.8) is 0 Å². The number of carbonyl (C=O) groups excluding carboxylic acids is 2. The standard InChI is InChI=1S/C10H14N4O2S/c1-8(15)11-5-6-12-9(16)7-17-10-13-3-2-4-14-10/h2-4H,5-7H2,1H3,(H,11,15)(H,12,16). The Morgan fingerprint density at radius 1 is 1.24 bits per heavy atom. The molecule has 2 amide bonds. The van der Waals surface area contributed by atoms with Gasteiger partial charge in [0.25, 0.3) is 0 Å². The molecule has 0 aliphatic heterocycles. The Morgan fingerprint density at radius 2 is 1.88 bits per heavy atom. The minimum atomic E-state index is -0.105. The first-order valence-electron chi connectivity index (χ1n) is 5.09. The molecule has 1 rings (SSSR count). The predicted octanol–water partition coefficient (Wildman–Crippen LogP) is -0.179. The first kappa shape index (κ1) is 13.4. The zero-order valence-corrected chi connectivity index (χ0v) is 10.3. The van der Waals surface area contributed by atoms with Gasteiger partial charge in [0.15, 0.2) is 5.16 Å². The van der Waals surface area contributed by atoms with Crippen molar-refractivity contribution < 1.29 is 9.59 Å². The van der Waals surface area contributed by atoms with Crippen LogP contribution < -0.4 is 10.6 Å². The van der Waals surface area contributed by atoms with Crippen molar-refractivity contribution in [2.24, 2.45) is 0 Å². The van der Waals surface area contributed by atoms with Gasteiger partial charge in [0, 0.05) is 32.4 Å². The molecule has 0 fully saturated rings. The average Bonchev–Trinajstić information content (AvgIpc) is 2.33. The van der Waals surface area contributed by atoms with Crippen LogP contribution in [0.25, 0.3) is 0 Å². The summed E-state index contributed by atoms with van der Waals surface area (Å²) in [6.45, 7) is 2.30. The highest BCUT2D eigenvalue weighted by molar-refractivity contribution is 7.99. The lowest BCUT2D eigenvalue weighted by Crippen LogP contribution is -2.34. The van der Waals surface area contributed by atoms with Gasteiger partial charge in [-0.15, -0.1) is 0 Å². The van der Waals surface area contributed by atoms with Crippen LogP contribution in [-0.4, -0.2) is 40.6 Å². The van der Waals surface area contributed by atoms with E-state index < -0.39 is 0 Å². The van der Waals surface area contributed by atoms with Crippen LogP contribution in [0.15, 0.2) is 23.6 Å². The first-order chi connectivity index (χ1) is 8.18. The summed E-state index contributed by atoms with van der Waals surface area (Å²) < 4.78 is 0. The largest absolute Gasteiger partial charge is 0.355 e. The lowest BCUT2D eigenvalue weighted by molar-refractivity contribution is -0.120. The van der Waals surface area contributed by atoms with Crippen molar-refractivity contribution in [3.05, 3.63) is 18.5 Å². The van der Waals surface area contributed by atoms with Gasteiger partial charge < -0.3 is 10.6 Å². The average molecular weight is 254 g/mol. The molecule has 0 spiro atoms. The molecular weight excluding hydrogens is 240 g/mol. The summed E-state index contributed by atoms with van der Waals surface area (Å²) in [6, 6.07) is 1.72. The van der Waals surface area contributed by atoms with E-state index >= 15 is 0 Å². The summed E-state index contributed by atoms with van der Waals surface area (Å²) in [5.41, 5.74) is 0. The Morgan fingerprint density at radius 3 is 2.53 bits per heavy atom. The first-order valence-corrected chi connectivity index (χ1v) is 6.08. The van der Waals surface area contributed by atoms with Crippen LogP contribution in [0.4, 0.5) is 0 Å². The van der Waals surface area contributed by atoms with Crippen molar-refractivity contribution in [1.82, 2.24) is 20.6 Å². The minimum absolute atomic E-state index is 0.104. The maximum atomic E-state index is 11.4. The van der Waals surface area contributed by atoms with Gasteiger partial charge in [-0.05, 0) is 6.07 Å². The summed E-state index contributed by atoms with van der Waals surface area (Å²) in [4.78, 5) is 29.9. The molecule has 1 aromatic rings. The van der Waals surface area contributed by atoms with Crippen molar-refractivity contribution in [1.29, 1.82) is 0 Å². The molecule has 17 heavy (non-hydrogen) atoms. The van der Waals surface area contributed by atoms with E-state index in [-0.39, 0.29) is 17.6 Å². The van der Waals surface area contributed by atoms with Crippen LogP contribution in [0.3, 0.4) is 0 Å². The molecule has 0 saturated heterocycles. The molecule has 0 atom stereocenters. The molecule has 0 aliphatic rings. The molecule has 7 heteroatoms. The van der Waals surface area contributed by atoms with Gasteiger partial charge in [-0.3, -0.25) is 9.59 Å². The van der Waals surface area contributed by atoms with Gasteiger partial charge in [-0.25, -0.2) is 9.97 Å². The predicted molar refractivity (Wildman–Crippen MR) is 64.4 cm³/mol. The molecular formula is C10H14N4O2S. The van der Waals surface area contributed by atoms with Crippen molar-refractivity contribution in [3.8, 4) is 0 Å². The number of amides is 2. The maximum Gasteiger partial charge on any atom is 0.230 e. The molecule has 0 unspecified atom stereocenters. The summed E-state index contributed by atoms with van der Waals surface area (Å²) in [5, 5.41) is 5.84. The Kier molecular flexibility index (Phi) is 6.02. The Balaban J connectivity index is 2.11. The molecule has 1 heterocycles. The smallest absolute Gasteiger partial charge is 0.230 e. The quantitative estimate of drug-likeness (QED) is 0.418. The molecule has 92 valence electrons. The van der Waals surface area contributed by atoms with Crippen LogP contribution in [0.2, 0.25) is 0 Å². The van der Waals surface area contributed by atoms with E-state index in [0.29, 0.717) is 18.2 Å². The zero-order chi connectivity index (χ0) is 12.5. The van der Waals surface area contributed by atoms with E-state index in [1.807, 2.05) is 0 Å². The zero-order valence-electron chi connectivity index (χ0n) is 9.47. The number of aromatic nitrogens is 2. The number of thioether (sulfide) groups is 1. The number of nitrogens with zero attached hydrogens (tertiary/aromatic N) is 2. The van der Waals surface area contributed by atoms with E-state index in [1.54, 1.807) is 18.5 Å². The SMILES string of the molecule is CC(=O)NCCNC(=O)CSc1ncccn1. The Labute approximate surface area is 104 Å². The highest BCUT2D eigenvalue weighted by Gasteiger charge is 2.03. The second-order valence-corrected chi connectivity index (χ2v) is 4.10. The van der Waals surface area contributed by atoms with Gasteiger partial charge in [-0.1, -0.05) is 11.8 Å². The molecule has 0 saturated carbocycles. The normalized spacial score (nSPS) is 9.71. The molecule has 0 aliphatic carbocycles. The molecule has 2 N–H and O–H groups in total. The number of hydrogen-bond acceptors (Lipinski definition) is 5. The second-order valence-electron chi connectivity index (χ2n) is 3.15. The highest BCUT2D eigenvalue weighted by Crippen LogP contribution is 2.09. The summed E-state index contributed by atoms with van der Waals surface area (Å²) in [5.74, 6) is 0.0588. The van der Waals surface area contributed by atoms with E-state index in [2.05, 4.69) is 20.6 Å². The van der Waals surface area contributed by atoms with Gasteiger partial charge in [0.05, 0.1) is 5.75 Å². The van der Waals surface area contributed by atoms with Gasteiger partial charge in [0.1, 0.15) is 0 Å². The number of nitrogens with one attached hydrogen (secondary N) is 2. The molecule has 1 aromatic heterocycles. The Hall–Kier alpha value is -1.63. The van der Waals surface area contributed by atoms with Crippen molar-refractivity contribution in [2.75, 3.05) is 18.8 Å². The van der Waals surface area contributed by atoms with E-state index in [4.69, 9.17) is 0 Å². The molecule has 0 bridgehead atoms. The molecule has 0 radical (unpaired) electrons. The Bertz CT molecular complexity index is 372. The van der Waals surface area contributed by atoms with Crippen LogP contribution in [-0.2, 0) is 9.59 Å². The molecule has 6 nitrogen and oxygen atoms in total. The third-order valence-electron chi connectivity index (χ3n) is 1.70. The number of rotatable bonds is 6. The minimum Gasteiger partial charge on any atom is -0.355 e. The van der Waals surface area contributed by atoms with E-state index in [1.165, 1.54) is 18.7 Å². The van der Waals surface area contributed by atoms with Crippen molar-refractivity contribution in [2.45, 2.75) is 12.1 Å². The third kappa shape index (κ3) is 6.52. The van der Waals surface area contributed by atoms with Crippen LogP contribution >= 0.6 is 11.8 Å². The van der Waals surface area contributed by atoms with Gasteiger partial charge in [0.2, 0.25) is 11.8 Å². The lowest BCUT2D eigenvalue weighted by Gasteiger charge is -2.04. The summed E-state index contributed by atoms with van der Waals surface area (Å²) in [7, 11) is 0. The van der Waals surface area contributed by atoms with Gasteiger partial charge >= 0.3 is 0 Å². The fraction of sp³-hybridized carbons (Fsp3) is 0.400. The molecule has 0 aromatic carbocycles. The maximum absolute atomic E-state index is 11.4. The van der Waals surface area contributed by atoms with E-state index in [0.717, 1.165) is 0 Å².